The molecule has 3 heteroatoms. The van der Waals surface area contributed by atoms with Gasteiger partial charge in [0.2, 0.25) is 0 Å². The molecule has 1 fully saturated rings. The number of hydrogen-bond acceptors (Lipinski definition) is 3. The molecule has 0 amide bonds. The summed E-state index contributed by atoms with van der Waals surface area (Å²) >= 11 is 0. The molecule has 0 aromatic carbocycles. The van der Waals surface area contributed by atoms with Crippen LogP contribution in [-0.2, 0) is 4.74 Å². The van der Waals surface area contributed by atoms with Gasteiger partial charge in [-0.1, -0.05) is 20.8 Å². The zero-order valence-electron chi connectivity index (χ0n) is 11.2. The topological polar surface area (TPSA) is 24.5 Å². The summed E-state index contributed by atoms with van der Waals surface area (Å²) in [5, 5.41) is 3.57. The second-order valence-electron chi connectivity index (χ2n) is 5.12. The second kappa shape index (κ2) is 8.04. The van der Waals surface area contributed by atoms with Gasteiger partial charge in [0, 0.05) is 32.3 Å². The van der Waals surface area contributed by atoms with Crippen LogP contribution in [0.5, 0.6) is 0 Å². The summed E-state index contributed by atoms with van der Waals surface area (Å²) in [7, 11) is 0. The van der Waals surface area contributed by atoms with Crippen molar-refractivity contribution in [2.24, 2.45) is 5.92 Å². The molecule has 96 valence electrons. The quantitative estimate of drug-likeness (QED) is 0.749. The maximum Gasteiger partial charge on any atom is 0.0593 e. The van der Waals surface area contributed by atoms with Crippen LogP contribution in [0.3, 0.4) is 0 Å². The van der Waals surface area contributed by atoms with E-state index >= 15 is 0 Å². The molecule has 0 radical (unpaired) electrons. The highest BCUT2D eigenvalue weighted by atomic mass is 16.5. The molecular formula is C13H28N2O. The Hall–Kier alpha value is -0.120. The van der Waals surface area contributed by atoms with Crippen molar-refractivity contribution in [1.82, 2.24) is 10.2 Å². The van der Waals surface area contributed by atoms with Crippen molar-refractivity contribution in [2.75, 3.05) is 39.4 Å². The Kier molecular flexibility index (Phi) is 7.01. The van der Waals surface area contributed by atoms with Gasteiger partial charge in [-0.2, -0.15) is 0 Å². The maximum atomic E-state index is 5.50. The SMILES string of the molecule is CCC(CNCC(C)C)N1CCCOCC1. The minimum absolute atomic E-state index is 0.681. The van der Waals surface area contributed by atoms with Gasteiger partial charge >= 0.3 is 0 Å². The fraction of sp³-hybridized carbons (Fsp3) is 1.00. The van der Waals surface area contributed by atoms with Gasteiger partial charge in [0.15, 0.2) is 0 Å². The molecule has 1 saturated heterocycles. The molecule has 1 heterocycles. The van der Waals surface area contributed by atoms with Gasteiger partial charge in [-0.25, -0.2) is 0 Å². The van der Waals surface area contributed by atoms with Crippen molar-refractivity contribution in [1.29, 1.82) is 0 Å². The summed E-state index contributed by atoms with van der Waals surface area (Å²) in [6.45, 7) is 13.2. The second-order valence-corrected chi connectivity index (χ2v) is 5.12. The number of nitrogens with one attached hydrogen (secondary N) is 1. The molecule has 1 atom stereocenters. The monoisotopic (exact) mass is 228 g/mol. The van der Waals surface area contributed by atoms with Crippen LogP contribution in [0.2, 0.25) is 0 Å². The smallest absolute Gasteiger partial charge is 0.0593 e. The highest BCUT2D eigenvalue weighted by Crippen LogP contribution is 2.07. The maximum absolute atomic E-state index is 5.50. The third-order valence-electron chi connectivity index (χ3n) is 3.18. The van der Waals surface area contributed by atoms with E-state index in [0.717, 1.165) is 38.8 Å². The van der Waals surface area contributed by atoms with Crippen LogP contribution in [0.15, 0.2) is 0 Å². The molecule has 0 aromatic rings. The zero-order chi connectivity index (χ0) is 11.8. The Balaban J connectivity index is 2.27. The van der Waals surface area contributed by atoms with E-state index in [1.807, 2.05) is 0 Å². The lowest BCUT2D eigenvalue weighted by Crippen LogP contribution is -2.43. The van der Waals surface area contributed by atoms with E-state index in [4.69, 9.17) is 4.74 Å². The summed E-state index contributed by atoms with van der Waals surface area (Å²) in [5.41, 5.74) is 0. The Morgan fingerprint density at radius 3 is 2.69 bits per heavy atom. The van der Waals surface area contributed by atoms with Gasteiger partial charge in [-0.15, -0.1) is 0 Å². The van der Waals surface area contributed by atoms with Gasteiger partial charge in [0.25, 0.3) is 0 Å². The third-order valence-corrected chi connectivity index (χ3v) is 3.18. The highest BCUT2D eigenvalue weighted by Gasteiger charge is 2.17. The molecule has 16 heavy (non-hydrogen) atoms. The molecule has 0 aromatic heterocycles. The molecule has 1 aliphatic rings. The van der Waals surface area contributed by atoms with E-state index in [9.17, 15) is 0 Å². The Morgan fingerprint density at radius 1 is 1.19 bits per heavy atom. The largest absolute Gasteiger partial charge is 0.380 e. The average molecular weight is 228 g/mol. The standard InChI is InChI=1S/C13H28N2O/c1-4-13(11-14-10-12(2)3)15-6-5-8-16-9-7-15/h12-14H,4-11H2,1-3H3. The highest BCUT2D eigenvalue weighted by molar-refractivity contribution is 4.74. The summed E-state index contributed by atoms with van der Waals surface area (Å²) in [6.07, 6.45) is 2.41. The van der Waals surface area contributed by atoms with Crippen LogP contribution < -0.4 is 5.32 Å². The fourth-order valence-corrected chi connectivity index (χ4v) is 2.20. The van der Waals surface area contributed by atoms with Crippen LogP contribution >= 0.6 is 0 Å². The molecule has 3 nitrogen and oxygen atoms in total. The molecule has 0 spiro atoms. The van der Waals surface area contributed by atoms with E-state index in [0.29, 0.717) is 6.04 Å². The first kappa shape index (κ1) is 13.9. The summed E-state index contributed by atoms with van der Waals surface area (Å²) < 4.78 is 5.50. The molecule has 1 aliphatic heterocycles. The number of hydrogen-bond donors (Lipinski definition) is 1. The van der Waals surface area contributed by atoms with E-state index in [2.05, 4.69) is 31.0 Å². The lowest BCUT2D eigenvalue weighted by molar-refractivity contribution is 0.129. The van der Waals surface area contributed by atoms with Gasteiger partial charge in [-0.05, 0) is 25.3 Å². The van der Waals surface area contributed by atoms with Gasteiger partial charge in [0.05, 0.1) is 6.61 Å². The molecule has 0 bridgehead atoms. The van der Waals surface area contributed by atoms with Crippen LogP contribution in [0, 0.1) is 5.92 Å². The van der Waals surface area contributed by atoms with Crippen molar-refractivity contribution >= 4 is 0 Å². The Labute approximate surface area is 101 Å². The van der Waals surface area contributed by atoms with E-state index in [-0.39, 0.29) is 0 Å². The lowest BCUT2D eigenvalue weighted by atomic mass is 10.1. The summed E-state index contributed by atoms with van der Waals surface area (Å²) in [4.78, 5) is 2.58. The first-order valence-corrected chi connectivity index (χ1v) is 6.76. The van der Waals surface area contributed by atoms with Crippen LogP contribution in [-0.4, -0.2) is 50.3 Å². The predicted octanol–water partition coefficient (Wildman–Crippen LogP) is 1.73. The number of nitrogens with zero attached hydrogens (tertiary/aromatic N) is 1. The van der Waals surface area contributed by atoms with Crippen LogP contribution in [0.4, 0.5) is 0 Å². The van der Waals surface area contributed by atoms with E-state index in [1.165, 1.54) is 19.4 Å². The predicted molar refractivity (Wildman–Crippen MR) is 68.8 cm³/mol. The molecule has 1 rings (SSSR count). The first-order valence-electron chi connectivity index (χ1n) is 6.76. The van der Waals surface area contributed by atoms with Crippen molar-refractivity contribution in [3.63, 3.8) is 0 Å². The summed E-state index contributed by atoms with van der Waals surface area (Å²) in [5.74, 6) is 0.741. The van der Waals surface area contributed by atoms with E-state index in [1.54, 1.807) is 0 Å². The van der Waals surface area contributed by atoms with Gasteiger partial charge in [0.1, 0.15) is 0 Å². The zero-order valence-corrected chi connectivity index (χ0v) is 11.2. The molecule has 1 unspecified atom stereocenters. The van der Waals surface area contributed by atoms with Crippen molar-refractivity contribution < 1.29 is 4.74 Å². The molecule has 0 saturated carbocycles. The molecule has 0 aliphatic carbocycles. The van der Waals surface area contributed by atoms with Crippen molar-refractivity contribution in [3.8, 4) is 0 Å². The Bertz CT molecular complexity index is 165. The lowest BCUT2D eigenvalue weighted by Gasteiger charge is -2.29. The molecular weight excluding hydrogens is 200 g/mol. The molecule has 1 N–H and O–H groups in total. The van der Waals surface area contributed by atoms with Gasteiger partial charge in [-0.3, -0.25) is 4.90 Å². The van der Waals surface area contributed by atoms with Gasteiger partial charge < -0.3 is 10.1 Å². The minimum atomic E-state index is 0.681. The van der Waals surface area contributed by atoms with Crippen molar-refractivity contribution in [3.05, 3.63) is 0 Å². The number of rotatable bonds is 6. The van der Waals surface area contributed by atoms with Crippen LogP contribution in [0.1, 0.15) is 33.6 Å². The van der Waals surface area contributed by atoms with Crippen LogP contribution in [0.25, 0.3) is 0 Å². The third kappa shape index (κ3) is 5.28. The first-order chi connectivity index (χ1) is 7.74. The average Bonchev–Trinajstić information content (AvgIpc) is 2.52. The van der Waals surface area contributed by atoms with E-state index < -0.39 is 0 Å². The number of ether oxygens (including phenoxy) is 1. The Morgan fingerprint density at radius 2 is 2.00 bits per heavy atom. The minimum Gasteiger partial charge on any atom is -0.380 e. The summed E-state index contributed by atoms with van der Waals surface area (Å²) in [6, 6.07) is 0.681. The van der Waals surface area contributed by atoms with Crippen molar-refractivity contribution in [2.45, 2.75) is 39.7 Å². The fourth-order valence-electron chi connectivity index (χ4n) is 2.20. The normalized spacial score (nSPS) is 21.0.